The van der Waals surface area contributed by atoms with Gasteiger partial charge in [0.05, 0.1) is 29.1 Å². The van der Waals surface area contributed by atoms with Gasteiger partial charge in [0.15, 0.2) is 11.2 Å². The Labute approximate surface area is 231 Å². The van der Waals surface area contributed by atoms with E-state index in [2.05, 4.69) is 12.1 Å². The van der Waals surface area contributed by atoms with E-state index in [1.165, 1.54) is 31.4 Å². The first-order chi connectivity index (χ1) is 18.8. The van der Waals surface area contributed by atoms with Crippen molar-refractivity contribution in [2.45, 2.75) is 56.5 Å². The van der Waals surface area contributed by atoms with Gasteiger partial charge in [-0.15, -0.1) is 0 Å². The van der Waals surface area contributed by atoms with Gasteiger partial charge in [0, 0.05) is 23.6 Å². The van der Waals surface area contributed by atoms with E-state index in [0.29, 0.717) is 23.3 Å². The maximum absolute atomic E-state index is 15.0. The molecule has 8 heteroatoms. The highest BCUT2D eigenvalue weighted by atomic mass is 35.5. The fourth-order valence-corrected chi connectivity index (χ4v) is 9.44. The van der Waals surface area contributed by atoms with E-state index in [9.17, 15) is 20.6 Å². The number of halogens is 1. The molecule has 0 spiro atoms. The SMILES string of the molecule is N#CC1(C#N)[C@H](c2ccc(Cl)c([N+](=O)[O-])c2)[C@H](C(=O)C23CC4CC(CC(C4)C2)C3)N2C=Cc3ccccc3[C@H]21. The molecule has 3 atom stereocenters. The van der Waals surface area contributed by atoms with Crippen LogP contribution in [0.4, 0.5) is 5.69 Å². The van der Waals surface area contributed by atoms with E-state index < -0.39 is 33.8 Å². The Morgan fingerprint density at radius 2 is 1.67 bits per heavy atom. The molecule has 8 rings (SSSR count). The number of benzene rings is 2. The van der Waals surface area contributed by atoms with Gasteiger partial charge in [0.2, 0.25) is 0 Å². The molecule has 39 heavy (non-hydrogen) atoms. The average molecular weight is 539 g/mol. The first kappa shape index (κ1) is 24.4. The van der Waals surface area contributed by atoms with Crippen molar-refractivity contribution in [2.24, 2.45) is 28.6 Å². The summed E-state index contributed by atoms with van der Waals surface area (Å²) in [6.45, 7) is 0. The summed E-state index contributed by atoms with van der Waals surface area (Å²) in [5.74, 6) is 0.834. The molecular weight excluding hydrogens is 512 g/mol. The van der Waals surface area contributed by atoms with Gasteiger partial charge in [0.25, 0.3) is 5.69 Å². The molecule has 4 saturated carbocycles. The molecule has 4 aliphatic carbocycles. The highest BCUT2D eigenvalue weighted by molar-refractivity contribution is 6.32. The predicted octanol–water partition coefficient (Wildman–Crippen LogP) is 6.56. The monoisotopic (exact) mass is 538 g/mol. The fraction of sp³-hybridized carbons (Fsp3) is 0.452. The molecule has 0 N–H and O–H groups in total. The number of rotatable bonds is 4. The van der Waals surface area contributed by atoms with Crippen molar-refractivity contribution in [1.29, 1.82) is 10.5 Å². The number of carbonyl (C=O) groups excluding carboxylic acids is 1. The third-order valence-electron chi connectivity index (χ3n) is 10.3. The van der Waals surface area contributed by atoms with Crippen LogP contribution >= 0.6 is 11.6 Å². The van der Waals surface area contributed by atoms with Crippen LogP contribution in [0.15, 0.2) is 48.7 Å². The van der Waals surface area contributed by atoms with E-state index in [0.717, 1.165) is 30.4 Å². The smallest absolute Gasteiger partial charge is 0.288 e. The van der Waals surface area contributed by atoms with Crippen LogP contribution in [-0.4, -0.2) is 21.6 Å². The number of nitro benzene ring substituents is 1. The van der Waals surface area contributed by atoms with Crippen molar-refractivity contribution in [3.05, 3.63) is 80.5 Å². The number of ketones is 1. The lowest BCUT2D eigenvalue weighted by Crippen LogP contribution is -2.55. The van der Waals surface area contributed by atoms with Crippen molar-refractivity contribution in [3.63, 3.8) is 0 Å². The molecule has 2 aromatic rings. The van der Waals surface area contributed by atoms with Crippen molar-refractivity contribution < 1.29 is 9.72 Å². The summed E-state index contributed by atoms with van der Waals surface area (Å²) >= 11 is 6.18. The van der Waals surface area contributed by atoms with Gasteiger partial charge in [-0.3, -0.25) is 14.9 Å². The standard InChI is InChI=1S/C31H27ClN4O3/c32-24-6-5-22(12-25(24)36(38)39)26-27(29(37)30-13-18-9-19(14-30)11-20(10-18)15-30)35-8-7-21-3-1-2-4-23(21)28(35)31(26,16-33)17-34/h1-8,12,18-20,26-28H,9-11,13-15H2/t18?,19?,20?,26-,27-,28+,30?/m1/s1. The van der Waals surface area contributed by atoms with Gasteiger partial charge in [-0.1, -0.05) is 41.9 Å². The molecule has 0 unspecified atom stereocenters. The number of hydrogen-bond donors (Lipinski definition) is 0. The van der Waals surface area contributed by atoms with E-state index in [-0.39, 0.29) is 16.5 Å². The zero-order valence-electron chi connectivity index (χ0n) is 21.3. The lowest BCUT2D eigenvalue weighted by atomic mass is 9.47. The van der Waals surface area contributed by atoms with Crippen molar-refractivity contribution in [3.8, 4) is 12.1 Å². The number of fused-ring (bicyclic) bond motifs is 3. The summed E-state index contributed by atoms with van der Waals surface area (Å²) in [5.41, 5.74) is -0.273. The van der Waals surface area contributed by atoms with Crippen LogP contribution in [0.2, 0.25) is 5.02 Å². The van der Waals surface area contributed by atoms with E-state index >= 15 is 4.79 Å². The Hall–Kier alpha value is -3.68. The van der Waals surface area contributed by atoms with Crippen molar-refractivity contribution >= 4 is 29.1 Å². The first-order valence-electron chi connectivity index (χ1n) is 13.7. The molecule has 7 nitrogen and oxygen atoms in total. The average Bonchev–Trinajstić information content (AvgIpc) is 3.23. The third-order valence-corrected chi connectivity index (χ3v) is 10.6. The number of hydrogen-bond acceptors (Lipinski definition) is 6. The van der Waals surface area contributed by atoms with Gasteiger partial charge in [-0.25, -0.2) is 0 Å². The lowest BCUT2D eigenvalue weighted by Gasteiger charge is -2.57. The molecule has 2 aliphatic heterocycles. The lowest BCUT2D eigenvalue weighted by molar-refractivity contribution is -0.384. The van der Waals surface area contributed by atoms with Crippen LogP contribution in [0.3, 0.4) is 0 Å². The van der Waals surface area contributed by atoms with E-state index in [1.54, 1.807) is 6.07 Å². The molecule has 0 aromatic heterocycles. The van der Waals surface area contributed by atoms with Crippen LogP contribution in [0.1, 0.15) is 67.2 Å². The number of nitro groups is 1. The van der Waals surface area contributed by atoms with Crippen molar-refractivity contribution in [2.75, 3.05) is 0 Å². The second-order valence-electron chi connectivity index (χ2n) is 12.3. The Morgan fingerprint density at radius 3 is 2.28 bits per heavy atom. The third kappa shape index (κ3) is 3.29. The Morgan fingerprint density at radius 1 is 1.03 bits per heavy atom. The number of nitrogens with zero attached hydrogens (tertiary/aromatic N) is 4. The fourth-order valence-electron chi connectivity index (χ4n) is 9.26. The van der Waals surface area contributed by atoms with Crippen LogP contribution in [0.5, 0.6) is 0 Å². The number of nitriles is 2. The minimum Gasteiger partial charge on any atom is -0.357 e. The molecule has 1 saturated heterocycles. The highest BCUT2D eigenvalue weighted by Crippen LogP contribution is 2.65. The zero-order valence-corrected chi connectivity index (χ0v) is 22.1. The van der Waals surface area contributed by atoms with Crippen LogP contribution < -0.4 is 0 Å². The molecule has 2 heterocycles. The largest absolute Gasteiger partial charge is 0.357 e. The van der Waals surface area contributed by atoms with Gasteiger partial charge < -0.3 is 4.90 Å². The molecule has 196 valence electrons. The summed E-state index contributed by atoms with van der Waals surface area (Å²) in [4.78, 5) is 28.2. The Kier molecular flexibility index (Phi) is 5.25. The molecule has 2 aromatic carbocycles. The molecule has 0 radical (unpaired) electrons. The zero-order chi connectivity index (χ0) is 27.1. The summed E-state index contributed by atoms with van der Waals surface area (Å²) in [5, 5.41) is 33.4. The predicted molar refractivity (Wildman–Crippen MR) is 144 cm³/mol. The summed E-state index contributed by atoms with van der Waals surface area (Å²) in [6.07, 6.45) is 9.92. The number of carbonyl (C=O) groups is 1. The Balaban J connectivity index is 1.45. The van der Waals surface area contributed by atoms with Crippen LogP contribution in [0, 0.1) is 61.4 Å². The maximum atomic E-state index is 15.0. The second-order valence-corrected chi connectivity index (χ2v) is 12.7. The molecule has 6 aliphatic rings. The normalized spacial score (nSPS) is 34.6. The van der Waals surface area contributed by atoms with Crippen LogP contribution in [0.25, 0.3) is 6.08 Å². The summed E-state index contributed by atoms with van der Waals surface area (Å²) in [7, 11) is 0. The number of Topliss-reactive ketones (excluding diaryl/α,β-unsaturated/α-hetero) is 1. The van der Waals surface area contributed by atoms with Crippen molar-refractivity contribution in [1.82, 2.24) is 4.90 Å². The summed E-state index contributed by atoms with van der Waals surface area (Å²) < 4.78 is 0. The molecule has 5 fully saturated rings. The van der Waals surface area contributed by atoms with Gasteiger partial charge in [-0.05, 0) is 85.1 Å². The molecule has 4 bridgehead atoms. The van der Waals surface area contributed by atoms with E-state index in [4.69, 9.17) is 11.6 Å². The summed E-state index contributed by atoms with van der Waals surface area (Å²) in [6, 6.07) is 15.3. The van der Waals surface area contributed by atoms with E-state index in [1.807, 2.05) is 41.4 Å². The second kappa shape index (κ2) is 8.41. The van der Waals surface area contributed by atoms with Crippen LogP contribution in [-0.2, 0) is 4.79 Å². The minimum absolute atomic E-state index is 0.0202. The first-order valence-corrected chi connectivity index (χ1v) is 14.0. The van der Waals surface area contributed by atoms with Gasteiger partial charge in [0.1, 0.15) is 5.02 Å². The highest BCUT2D eigenvalue weighted by Gasteiger charge is 2.67. The Bertz CT molecular complexity index is 1490. The minimum atomic E-state index is -1.65. The maximum Gasteiger partial charge on any atom is 0.288 e. The quantitative estimate of drug-likeness (QED) is 0.322. The molecule has 0 amide bonds. The van der Waals surface area contributed by atoms with Gasteiger partial charge in [-0.2, -0.15) is 10.5 Å². The van der Waals surface area contributed by atoms with Gasteiger partial charge >= 0.3 is 0 Å². The molecular formula is C31H27ClN4O3. The topological polar surface area (TPSA) is 111 Å².